The zero-order chi connectivity index (χ0) is 22.9. The Labute approximate surface area is 194 Å². The SMILES string of the molecule is CC1CCNC(C(=O)NC23CCC(NC(=O)COC4CCC(Cl)C(F)C4)(CC2)C(O)C3)C1. The minimum atomic E-state index is -1.11. The first-order chi connectivity index (χ1) is 15.2. The number of nitrogens with one attached hydrogen (secondary N) is 3. The first-order valence-electron chi connectivity index (χ1n) is 12.1. The molecular formula is C23H37ClFN3O4. The van der Waals surface area contributed by atoms with Gasteiger partial charge in [-0.1, -0.05) is 6.92 Å². The molecule has 0 radical (unpaired) electrons. The van der Waals surface area contributed by atoms with Gasteiger partial charge in [0.2, 0.25) is 11.8 Å². The number of amides is 2. The number of halogens is 2. The monoisotopic (exact) mass is 473 g/mol. The lowest BCUT2D eigenvalue weighted by molar-refractivity contribution is -0.140. The molecule has 9 heteroatoms. The summed E-state index contributed by atoms with van der Waals surface area (Å²) in [5.41, 5.74) is -1.08. The highest BCUT2D eigenvalue weighted by Gasteiger charge is 2.55. The summed E-state index contributed by atoms with van der Waals surface area (Å²) in [5, 5.41) is 20.0. The number of aliphatic hydroxyl groups is 1. The van der Waals surface area contributed by atoms with Gasteiger partial charge in [0.15, 0.2) is 0 Å². The average molecular weight is 474 g/mol. The molecule has 0 aromatic rings. The lowest BCUT2D eigenvalue weighted by atomic mass is 9.59. The molecule has 5 rings (SSSR count). The van der Waals surface area contributed by atoms with Crippen molar-refractivity contribution in [1.29, 1.82) is 0 Å². The van der Waals surface area contributed by atoms with Crippen LogP contribution < -0.4 is 16.0 Å². The highest BCUT2D eigenvalue weighted by Crippen LogP contribution is 2.47. The fourth-order valence-corrected chi connectivity index (χ4v) is 6.25. The fourth-order valence-electron chi connectivity index (χ4n) is 6.02. The number of hydrogen-bond acceptors (Lipinski definition) is 5. The molecule has 182 valence electrons. The number of aliphatic hydroxyl groups excluding tert-OH is 1. The average Bonchev–Trinajstić information content (AvgIpc) is 2.76. The Morgan fingerprint density at radius 3 is 2.56 bits per heavy atom. The van der Waals surface area contributed by atoms with E-state index in [1.54, 1.807) is 0 Å². The van der Waals surface area contributed by atoms with Gasteiger partial charge in [0.1, 0.15) is 12.8 Å². The van der Waals surface area contributed by atoms with Crippen molar-refractivity contribution in [2.75, 3.05) is 13.2 Å². The van der Waals surface area contributed by atoms with Crippen LogP contribution in [-0.4, -0.2) is 70.9 Å². The molecule has 5 fully saturated rings. The van der Waals surface area contributed by atoms with Gasteiger partial charge < -0.3 is 25.8 Å². The molecule has 0 aromatic heterocycles. The molecule has 4 aliphatic carbocycles. The van der Waals surface area contributed by atoms with E-state index in [2.05, 4.69) is 22.9 Å². The smallest absolute Gasteiger partial charge is 0.246 e. The maximum atomic E-state index is 13.8. The molecule has 6 unspecified atom stereocenters. The molecule has 7 nitrogen and oxygen atoms in total. The summed E-state index contributed by atoms with van der Waals surface area (Å²) < 4.78 is 19.4. The second-order valence-electron chi connectivity index (χ2n) is 10.6. The Morgan fingerprint density at radius 1 is 1.16 bits per heavy atom. The molecule has 1 saturated heterocycles. The van der Waals surface area contributed by atoms with E-state index in [0.29, 0.717) is 38.0 Å². The van der Waals surface area contributed by atoms with Gasteiger partial charge in [0.05, 0.1) is 29.2 Å². The third-order valence-electron chi connectivity index (χ3n) is 8.18. The van der Waals surface area contributed by atoms with Crippen LogP contribution in [0.4, 0.5) is 4.39 Å². The van der Waals surface area contributed by atoms with Gasteiger partial charge in [-0.3, -0.25) is 9.59 Å². The number of carbonyl (C=O) groups excluding carboxylic acids is 2. The van der Waals surface area contributed by atoms with Crippen LogP contribution in [0.5, 0.6) is 0 Å². The lowest BCUT2D eigenvalue weighted by Gasteiger charge is -2.56. The number of ether oxygens (including phenoxy) is 1. The van der Waals surface area contributed by atoms with Gasteiger partial charge in [-0.05, 0) is 70.3 Å². The van der Waals surface area contributed by atoms with Crippen LogP contribution in [0.25, 0.3) is 0 Å². The molecule has 32 heavy (non-hydrogen) atoms. The molecule has 2 bridgehead atoms. The molecule has 0 spiro atoms. The van der Waals surface area contributed by atoms with Crippen molar-refractivity contribution in [2.24, 2.45) is 5.92 Å². The minimum Gasteiger partial charge on any atom is -0.391 e. The van der Waals surface area contributed by atoms with E-state index in [1.165, 1.54) is 0 Å². The van der Waals surface area contributed by atoms with E-state index in [1.807, 2.05) is 0 Å². The number of carbonyl (C=O) groups is 2. The lowest BCUT2D eigenvalue weighted by Crippen LogP contribution is -2.71. The quantitative estimate of drug-likeness (QED) is 0.442. The van der Waals surface area contributed by atoms with Gasteiger partial charge in [-0.25, -0.2) is 4.39 Å². The minimum absolute atomic E-state index is 0.0217. The Kier molecular flexibility index (Phi) is 7.35. The predicted molar refractivity (Wildman–Crippen MR) is 119 cm³/mol. The van der Waals surface area contributed by atoms with E-state index < -0.39 is 28.7 Å². The Morgan fingerprint density at radius 2 is 1.91 bits per heavy atom. The third-order valence-corrected chi connectivity index (χ3v) is 8.67. The second kappa shape index (κ2) is 9.72. The Balaban J connectivity index is 1.26. The van der Waals surface area contributed by atoms with Crippen molar-refractivity contribution < 1.29 is 23.8 Å². The van der Waals surface area contributed by atoms with Crippen LogP contribution in [0.15, 0.2) is 0 Å². The van der Waals surface area contributed by atoms with E-state index >= 15 is 0 Å². The third kappa shape index (κ3) is 5.24. The molecule has 2 amide bonds. The van der Waals surface area contributed by atoms with Crippen molar-refractivity contribution in [3.05, 3.63) is 0 Å². The molecule has 5 aliphatic rings. The van der Waals surface area contributed by atoms with E-state index in [4.69, 9.17) is 16.3 Å². The molecule has 4 saturated carbocycles. The van der Waals surface area contributed by atoms with Crippen LogP contribution in [-0.2, 0) is 14.3 Å². The summed E-state index contributed by atoms with van der Waals surface area (Å²) in [5.74, 6) is 0.262. The van der Waals surface area contributed by atoms with Crippen molar-refractivity contribution >= 4 is 23.4 Å². The number of rotatable bonds is 6. The van der Waals surface area contributed by atoms with Crippen LogP contribution >= 0.6 is 11.6 Å². The molecule has 4 N–H and O–H groups in total. The first kappa shape index (κ1) is 24.2. The van der Waals surface area contributed by atoms with Crippen LogP contribution in [0, 0.1) is 5.92 Å². The van der Waals surface area contributed by atoms with Gasteiger partial charge in [0.25, 0.3) is 0 Å². The topological polar surface area (TPSA) is 99.7 Å². The molecule has 0 aromatic carbocycles. The number of alkyl halides is 2. The van der Waals surface area contributed by atoms with Crippen LogP contribution in [0.3, 0.4) is 0 Å². The standard InChI is InChI=1S/C23H37ClFN3O4/c1-14-4-9-26-18(10-14)21(31)28-22-5-7-23(8-6-22,19(29)12-22)27-20(30)13-32-15-2-3-16(24)17(25)11-15/h14-19,26,29H,2-13H2,1H3,(H,27,30)(H,28,31). The largest absolute Gasteiger partial charge is 0.391 e. The summed E-state index contributed by atoms with van der Waals surface area (Å²) >= 11 is 5.91. The van der Waals surface area contributed by atoms with Gasteiger partial charge in [0, 0.05) is 12.0 Å². The fraction of sp³-hybridized carbons (Fsp3) is 0.913. The normalized spacial score (nSPS) is 44.1. The van der Waals surface area contributed by atoms with Crippen molar-refractivity contribution in [3.8, 4) is 0 Å². The first-order valence-corrected chi connectivity index (χ1v) is 12.6. The summed E-state index contributed by atoms with van der Waals surface area (Å²) in [6, 6.07) is -0.173. The molecule has 1 aliphatic heterocycles. The summed E-state index contributed by atoms with van der Waals surface area (Å²) in [6.07, 6.45) is 4.29. The van der Waals surface area contributed by atoms with E-state index in [9.17, 15) is 19.1 Å². The van der Waals surface area contributed by atoms with Gasteiger partial charge in [-0.15, -0.1) is 11.6 Å². The van der Waals surface area contributed by atoms with Crippen LogP contribution in [0.1, 0.15) is 71.1 Å². The Hall–Kier alpha value is -0.960. The van der Waals surface area contributed by atoms with Gasteiger partial charge in [-0.2, -0.15) is 0 Å². The second-order valence-corrected chi connectivity index (χ2v) is 11.2. The number of fused-ring (bicyclic) bond motifs is 3. The maximum absolute atomic E-state index is 13.8. The highest BCUT2D eigenvalue weighted by atomic mass is 35.5. The maximum Gasteiger partial charge on any atom is 0.246 e. The molecular weight excluding hydrogens is 437 g/mol. The summed E-state index contributed by atoms with van der Waals surface area (Å²) in [4.78, 5) is 25.4. The molecule has 1 heterocycles. The number of hydrogen-bond donors (Lipinski definition) is 4. The summed E-state index contributed by atoms with van der Waals surface area (Å²) in [7, 11) is 0. The zero-order valence-electron chi connectivity index (χ0n) is 18.9. The molecule has 6 atom stereocenters. The van der Waals surface area contributed by atoms with Gasteiger partial charge >= 0.3 is 0 Å². The van der Waals surface area contributed by atoms with Crippen molar-refractivity contribution in [1.82, 2.24) is 16.0 Å². The Bertz CT molecular complexity index is 703. The predicted octanol–water partition coefficient (Wildman–Crippen LogP) is 1.94. The van der Waals surface area contributed by atoms with Crippen molar-refractivity contribution in [3.63, 3.8) is 0 Å². The van der Waals surface area contributed by atoms with E-state index in [-0.39, 0.29) is 37.0 Å². The van der Waals surface area contributed by atoms with Crippen LogP contribution in [0.2, 0.25) is 0 Å². The number of piperidine rings is 1. The van der Waals surface area contributed by atoms with E-state index in [0.717, 1.165) is 32.2 Å². The summed E-state index contributed by atoms with van der Waals surface area (Å²) in [6.45, 7) is 2.88. The highest BCUT2D eigenvalue weighted by molar-refractivity contribution is 6.21. The zero-order valence-corrected chi connectivity index (χ0v) is 19.6. The van der Waals surface area contributed by atoms with Crippen molar-refractivity contribution in [2.45, 2.75) is 112 Å².